The summed E-state index contributed by atoms with van der Waals surface area (Å²) in [6.45, 7) is 0.368. The number of thiazole rings is 1. The fraction of sp³-hybridized carbons (Fsp3) is 0.500. The van der Waals surface area contributed by atoms with Crippen molar-refractivity contribution in [2.75, 3.05) is 18.6 Å². The van der Waals surface area contributed by atoms with Crippen molar-refractivity contribution < 1.29 is 23.1 Å². The summed E-state index contributed by atoms with van der Waals surface area (Å²) in [6.07, 6.45) is 1.47. The molecule has 112 valence electrons. The van der Waals surface area contributed by atoms with Crippen molar-refractivity contribution >= 4 is 33.2 Å². The zero-order valence-electron chi connectivity index (χ0n) is 10.7. The van der Waals surface area contributed by atoms with Gasteiger partial charge in [-0.05, 0) is 6.42 Å². The molecule has 3 N–H and O–H groups in total. The van der Waals surface area contributed by atoms with Crippen LogP contribution in [0.15, 0.2) is 5.38 Å². The van der Waals surface area contributed by atoms with Crippen molar-refractivity contribution in [3.63, 3.8) is 0 Å². The van der Waals surface area contributed by atoms with E-state index in [-0.39, 0.29) is 24.5 Å². The highest BCUT2D eigenvalue weighted by molar-refractivity contribution is 7.90. The minimum atomic E-state index is -3.02. The number of sulfone groups is 1. The van der Waals surface area contributed by atoms with E-state index in [1.54, 1.807) is 0 Å². The van der Waals surface area contributed by atoms with Crippen LogP contribution in [0.3, 0.4) is 0 Å². The molecule has 10 heteroatoms. The third-order valence-corrected chi connectivity index (χ3v) is 4.03. The average Bonchev–Trinajstić information content (AvgIpc) is 2.80. The molecule has 0 fully saturated rings. The Morgan fingerprint density at radius 2 is 2.10 bits per heavy atom. The lowest BCUT2D eigenvalue weighted by atomic mass is 10.5. The average molecular weight is 321 g/mol. The summed E-state index contributed by atoms with van der Waals surface area (Å²) in [5.41, 5.74) is -0.0552. The van der Waals surface area contributed by atoms with Gasteiger partial charge < -0.3 is 15.7 Å². The molecular formula is C10H15N3O5S2. The van der Waals surface area contributed by atoms with Crippen molar-refractivity contribution in [1.82, 2.24) is 15.6 Å². The SMILES string of the molecule is CS(=O)(=O)CCCNC(=O)NCc1nc(C(=O)O)cs1. The first-order valence-electron chi connectivity index (χ1n) is 5.65. The van der Waals surface area contributed by atoms with E-state index in [0.29, 0.717) is 11.4 Å². The van der Waals surface area contributed by atoms with Crippen LogP contribution in [0.25, 0.3) is 0 Å². The Hall–Kier alpha value is -1.68. The number of carbonyl (C=O) groups is 2. The minimum Gasteiger partial charge on any atom is -0.476 e. The fourth-order valence-corrected chi connectivity index (χ4v) is 2.62. The lowest BCUT2D eigenvalue weighted by Crippen LogP contribution is -2.36. The molecule has 20 heavy (non-hydrogen) atoms. The van der Waals surface area contributed by atoms with E-state index in [1.165, 1.54) is 5.38 Å². The maximum atomic E-state index is 11.4. The second-order valence-corrected chi connectivity index (χ2v) is 7.23. The molecule has 1 aromatic heterocycles. The van der Waals surface area contributed by atoms with Crippen LogP contribution in [0.4, 0.5) is 4.79 Å². The Balaban J connectivity index is 2.24. The van der Waals surface area contributed by atoms with Gasteiger partial charge in [-0.1, -0.05) is 0 Å². The normalized spacial score (nSPS) is 11.1. The second-order valence-electron chi connectivity index (χ2n) is 4.02. The summed E-state index contributed by atoms with van der Waals surface area (Å²) in [5, 5.41) is 15.6. The lowest BCUT2D eigenvalue weighted by Gasteiger charge is -2.05. The highest BCUT2D eigenvalue weighted by Crippen LogP contribution is 2.09. The van der Waals surface area contributed by atoms with Crippen LogP contribution in [0.2, 0.25) is 0 Å². The third kappa shape index (κ3) is 6.48. The lowest BCUT2D eigenvalue weighted by molar-refractivity contribution is 0.0691. The molecule has 0 bridgehead atoms. The van der Waals surface area contributed by atoms with Gasteiger partial charge in [0, 0.05) is 18.2 Å². The van der Waals surface area contributed by atoms with Gasteiger partial charge in [0.1, 0.15) is 14.8 Å². The van der Waals surface area contributed by atoms with Gasteiger partial charge in [-0.2, -0.15) is 0 Å². The highest BCUT2D eigenvalue weighted by atomic mass is 32.2. The van der Waals surface area contributed by atoms with Crippen LogP contribution in [-0.2, 0) is 16.4 Å². The molecule has 0 aromatic carbocycles. The molecule has 0 radical (unpaired) electrons. The second kappa shape index (κ2) is 7.20. The number of carbonyl (C=O) groups excluding carboxylic acids is 1. The molecule has 0 aliphatic carbocycles. The summed E-state index contributed by atoms with van der Waals surface area (Å²) in [5.74, 6) is -1.10. The fourth-order valence-electron chi connectivity index (χ4n) is 1.24. The van der Waals surface area contributed by atoms with E-state index < -0.39 is 21.8 Å². The minimum absolute atomic E-state index is 0.0156. The van der Waals surface area contributed by atoms with Crippen molar-refractivity contribution in [3.05, 3.63) is 16.1 Å². The van der Waals surface area contributed by atoms with E-state index in [2.05, 4.69) is 15.6 Å². The van der Waals surface area contributed by atoms with Gasteiger partial charge in [0.2, 0.25) is 0 Å². The Bertz CT molecular complexity index is 581. The van der Waals surface area contributed by atoms with Crippen molar-refractivity contribution in [2.45, 2.75) is 13.0 Å². The number of carboxylic acid groups (broad SMARTS) is 1. The Kier molecular flexibility index (Phi) is 5.89. The molecule has 0 spiro atoms. The molecule has 8 nitrogen and oxygen atoms in total. The third-order valence-electron chi connectivity index (χ3n) is 2.15. The first-order chi connectivity index (χ1) is 9.28. The number of hydrogen-bond acceptors (Lipinski definition) is 6. The van der Waals surface area contributed by atoms with Crippen molar-refractivity contribution in [1.29, 1.82) is 0 Å². The number of carboxylic acids is 1. The topological polar surface area (TPSA) is 125 Å². The molecule has 1 heterocycles. The van der Waals surface area contributed by atoms with Crippen LogP contribution in [0, 0.1) is 0 Å². The van der Waals surface area contributed by atoms with Gasteiger partial charge in [0.05, 0.1) is 12.3 Å². The van der Waals surface area contributed by atoms with Crippen LogP contribution in [0.5, 0.6) is 0 Å². The number of rotatable bonds is 7. The summed E-state index contributed by atoms with van der Waals surface area (Å²) >= 11 is 1.14. The van der Waals surface area contributed by atoms with Gasteiger partial charge in [-0.15, -0.1) is 11.3 Å². The predicted octanol–water partition coefficient (Wildman–Crippen LogP) is 0.0752. The largest absolute Gasteiger partial charge is 0.476 e. The smallest absolute Gasteiger partial charge is 0.355 e. The first-order valence-corrected chi connectivity index (χ1v) is 8.59. The van der Waals surface area contributed by atoms with E-state index in [0.717, 1.165) is 17.6 Å². The van der Waals surface area contributed by atoms with Gasteiger partial charge in [0.15, 0.2) is 5.69 Å². The quantitative estimate of drug-likeness (QED) is 0.610. The first kappa shape index (κ1) is 16.4. The van der Waals surface area contributed by atoms with Gasteiger partial charge in [-0.25, -0.2) is 23.0 Å². The maximum absolute atomic E-state index is 11.4. The predicted molar refractivity (Wildman–Crippen MR) is 73.6 cm³/mol. The maximum Gasteiger partial charge on any atom is 0.355 e. The van der Waals surface area contributed by atoms with Crippen LogP contribution < -0.4 is 10.6 Å². The van der Waals surface area contributed by atoms with E-state index >= 15 is 0 Å². The molecule has 0 saturated heterocycles. The van der Waals surface area contributed by atoms with Gasteiger partial charge in [-0.3, -0.25) is 0 Å². The number of aromatic carboxylic acids is 1. The van der Waals surface area contributed by atoms with Crippen molar-refractivity contribution in [2.24, 2.45) is 0 Å². The molecule has 0 saturated carbocycles. The number of nitrogens with one attached hydrogen (secondary N) is 2. The Labute approximate surface area is 120 Å². The summed E-state index contributed by atoms with van der Waals surface area (Å²) < 4.78 is 21.7. The number of aromatic nitrogens is 1. The molecule has 0 atom stereocenters. The number of hydrogen-bond donors (Lipinski definition) is 3. The zero-order valence-corrected chi connectivity index (χ0v) is 12.4. The Morgan fingerprint density at radius 3 is 2.65 bits per heavy atom. The van der Waals surface area contributed by atoms with Gasteiger partial charge >= 0.3 is 12.0 Å². The van der Waals surface area contributed by atoms with E-state index in [9.17, 15) is 18.0 Å². The monoisotopic (exact) mass is 321 g/mol. The number of nitrogens with zero attached hydrogens (tertiary/aromatic N) is 1. The molecule has 1 rings (SSSR count). The van der Waals surface area contributed by atoms with Gasteiger partial charge in [0.25, 0.3) is 0 Å². The van der Waals surface area contributed by atoms with E-state index in [4.69, 9.17) is 5.11 Å². The van der Waals surface area contributed by atoms with E-state index in [1.807, 2.05) is 0 Å². The van der Waals surface area contributed by atoms with Crippen molar-refractivity contribution in [3.8, 4) is 0 Å². The number of urea groups is 1. The standard InChI is InChI=1S/C10H15N3O5S2/c1-20(17,18)4-2-3-11-10(16)12-5-8-13-7(6-19-8)9(14)15/h6H,2-5H2,1H3,(H,14,15)(H2,11,12,16). The number of amides is 2. The molecule has 2 amide bonds. The summed E-state index contributed by atoms with van der Waals surface area (Å²) in [7, 11) is -3.02. The molecule has 0 unspecified atom stereocenters. The highest BCUT2D eigenvalue weighted by Gasteiger charge is 2.09. The summed E-state index contributed by atoms with van der Waals surface area (Å²) in [4.78, 5) is 25.8. The molecule has 0 aliphatic rings. The zero-order chi connectivity index (χ0) is 15.2. The molecular weight excluding hydrogens is 306 g/mol. The molecule has 0 aliphatic heterocycles. The Morgan fingerprint density at radius 1 is 1.40 bits per heavy atom. The van der Waals surface area contributed by atoms with Crippen LogP contribution in [-0.4, -0.2) is 49.1 Å². The summed E-state index contributed by atoms with van der Waals surface area (Å²) in [6, 6.07) is -0.453. The van der Waals surface area contributed by atoms with Crippen LogP contribution >= 0.6 is 11.3 Å². The van der Waals surface area contributed by atoms with Crippen LogP contribution in [0.1, 0.15) is 21.9 Å². The molecule has 1 aromatic rings.